The molecule has 1 amide bonds. The topological polar surface area (TPSA) is 59.0 Å². The van der Waals surface area contributed by atoms with Crippen molar-refractivity contribution in [1.82, 2.24) is 20.4 Å². The molecule has 1 saturated heterocycles. The molecule has 4 rings (SSSR count). The number of hydrogen-bond acceptors (Lipinski definition) is 3. The smallest absolute Gasteiger partial charge is 0.254 e. The monoisotopic (exact) mass is 414 g/mol. The summed E-state index contributed by atoms with van der Waals surface area (Å²) in [7, 11) is 1.75. The van der Waals surface area contributed by atoms with Gasteiger partial charge in [0.1, 0.15) is 5.82 Å². The maximum atomic E-state index is 14.7. The molecule has 5 nitrogen and oxygen atoms in total. The van der Waals surface area contributed by atoms with E-state index in [-0.39, 0.29) is 17.5 Å². The van der Waals surface area contributed by atoms with Crippen molar-refractivity contribution in [2.24, 2.45) is 7.05 Å². The Balaban J connectivity index is 1.54. The molecule has 8 heteroatoms. The Morgan fingerprint density at radius 3 is 2.63 bits per heavy atom. The first kappa shape index (κ1) is 20.2. The fraction of sp³-hybridized carbons (Fsp3) is 0.273. The van der Waals surface area contributed by atoms with E-state index < -0.39 is 23.4 Å². The highest BCUT2D eigenvalue weighted by molar-refractivity contribution is 5.95. The van der Waals surface area contributed by atoms with Gasteiger partial charge in [0.15, 0.2) is 11.6 Å². The highest BCUT2D eigenvalue weighted by Crippen LogP contribution is 2.28. The number of benzene rings is 2. The summed E-state index contributed by atoms with van der Waals surface area (Å²) in [6, 6.07) is 9.56. The molecule has 30 heavy (non-hydrogen) atoms. The summed E-state index contributed by atoms with van der Waals surface area (Å²) in [4.78, 5) is 12.8. The lowest BCUT2D eigenvalue weighted by Crippen LogP contribution is -2.50. The van der Waals surface area contributed by atoms with Crippen molar-refractivity contribution >= 4 is 5.91 Å². The van der Waals surface area contributed by atoms with Crippen LogP contribution in [0.2, 0.25) is 0 Å². The van der Waals surface area contributed by atoms with Crippen LogP contribution in [0.1, 0.15) is 28.3 Å². The van der Waals surface area contributed by atoms with E-state index in [1.54, 1.807) is 30.1 Å². The number of halogens is 3. The van der Waals surface area contributed by atoms with Crippen molar-refractivity contribution in [3.05, 3.63) is 77.2 Å². The number of rotatable bonds is 4. The number of piperidine rings is 1. The standard InChI is InChI=1S/C22H21F3N4O/c1-29-21(7-9-27-29)14-2-4-16(18(24)11-14)22(30)28-20-12-26-8-6-15(20)13-3-5-17(23)19(25)10-13/h2-5,7,9-11,15,20,26H,6,8,12H2,1H3,(H,28,30)/t15-,20+/m1/s1. The molecule has 1 aliphatic heterocycles. The number of carbonyl (C=O) groups is 1. The van der Waals surface area contributed by atoms with Gasteiger partial charge in [-0.2, -0.15) is 5.10 Å². The van der Waals surface area contributed by atoms with E-state index in [4.69, 9.17) is 0 Å². The van der Waals surface area contributed by atoms with Crippen molar-refractivity contribution in [2.45, 2.75) is 18.4 Å². The second kappa shape index (κ2) is 8.31. The van der Waals surface area contributed by atoms with Crippen LogP contribution in [0.15, 0.2) is 48.7 Å². The number of nitrogens with zero attached hydrogens (tertiary/aromatic N) is 2. The Morgan fingerprint density at radius 2 is 1.93 bits per heavy atom. The fourth-order valence-corrected chi connectivity index (χ4v) is 3.91. The number of carbonyl (C=O) groups excluding carboxylic acids is 1. The number of hydrogen-bond donors (Lipinski definition) is 2. The summed E-state index contributed by atoms with van der Waals surface area (Å²) in [5, 5.41) is 10.1. The molecule has 2 atom stereocenters. The van der Waals surface area contributed by atoms with Gasteiger partial charge in [0.2, 0.25) is 0 Å². The summed E-state index contributed by atoms with van der Waals surface area (Å²) >= 11 is 0. The molecule has 0 saturated carbocycles. The van der Waals surface area contributed by atoms with Gasteiger partial charge in [-0.25, -0.2) is 13.2 Å². The number of nitrogens with one attached hydrogen (secondary N) is 2. The highest BCUT2D eigenvalue weighted by Gasteiger charge is 2.29. The molecule has 2 N–H and O–H groups in total. The van der Waals surface area contributed by atoms with Crippen molar-refractivity contribution in [3.8, 4) is 11.3 Å². The first-order valence-corrected chi connectivity index (χ1v) is 9.68. The zero-order chi connectivity index (χ0) is 21.3. The molecule has 3 aromatic rings. The Bertz CT molecular complexity index is 1080. The molecule has 0 bridgehead atoms. The van der Waals surface area contributed by atoms with Gasteiger partial charge in [-0.1, -0.05) is 12.1 Å². The average molecular weight is 414 g/mol. The predicted molar refractivity (Wildman–Crippen MR) is 106 cm³/mol. The van der Waals surface area contributed by atoms with Gasteiger partial charge >= 0.3 is 0 Å². The summed E-state index contributed by atoms with van der Waals surface area (Å²) in [6.07, 6.45) is 2.25. The molecule has 156 valence electrons. The quantitative estimate of drug-likeness (QED) is 0.688. The second-order valence-electron chi connectivity index (χ2n) is 7.39. The fourth-order valence-electron chi connectivity index (χ4n) is 3.91. The lowest BCUT2D eigenvalue weighted by molar-refractivity contribution is 0.0920. The Morgan fingerprint density at radius 1 is 1.10 bits per heavy atom. The molecule has 0 unspecified atom stereocenters. The zero-order valence-corrected chi connectivity index (χ0v) is 16.3. The Hall–Kier alpha value is -3.13. The molecule has 2 heterocycles. The van der Waals surface area contributed by atoms with E-state index in [2.05, 4.69) is 15.7 Å². The first-order valence-electron chi connectivity index (χ1n) is 9.68. The van der Waals surface area contributed by atoms with Crippen LogP contribution in [0.25, 0.3) is 11.3 Å². The minimum absolute atomic E-state index is 0.0736. The predicted octanol–water partition coefficient (Wildman–Crippen LogP) is 3.38. The van der Waals surface area contributed by atoms with Gasteiger partial charge in [0, 0.05) is 37.3 Å². The van der Waals surface area contributed by atoms with E-state index in [9.17, 15) is 18.0 Å². The van der Waals surface area contributed by atoms with Crippen molar-refractivity contribution < 1.29 is 18.0 Å². The van der Waals surface area contributed by atoms with Crippen LogP contribution in [-0.2, 0) is 7.05 Å². The highest BCUT2D eigenvalue weighted by atomic mass is 19.2. The third-order valence-corrected chi connectivity index (χ3v) is 5.50. The second-order valence-corrected chi connectivity index (χ2v) is 7.39. The largest absolute Gasteiger partial charge is 0.347 e. The average Bonchev–Trinajstić information content (AvgIpc) is 3.16. The van der Waals surface area contributed by atoms with Gasteiger partial charge in [-0.15, -0.1) is 0 Å². The van der Waals surface area contributed by atoms with Crippen molar-refractivity contribution in [2.75, 3.05) is 13.1 Å². The third-order valence-electron chi connectivity index (χ3n) is 5.50. The maximum absolute atomic E-state index is 14.7. The van der Waals surface area contributed by atoms with E-state index in [1.165, 1.54) is 18.2 Å². The number of amides is 1. The molecule has 1 aliphatic rings. The molecule has 2 aromatic carbocycles. The van der Waals surface area contributed by atoms with E-state index in [0.717, 1.165) is 17.8 Å². The van der Waals surface area contributed by atoms with Gasteiger partial charge in [0.05, 0.1) is 11.3 Å². The van der Waals surface area contributed by atoms with Crippen LogP contribution in [0.3, 0.4) is 0 Å². The zero-order valence-electron chi connectivity index (χ0n) is 16.3. The lowest BCUT2D eigenvalue weighted by atomic mass is 9.85. The molecule has 0 spiro atoms. The summed E-state index contributed by atoms with van der Waals surface area (Å²) in [5.41, 5.74) is 1.88. The van der Waals surface area contributed by atoms with Gasteiger partial charge < -0.3 is 10.6 Å². The van der Waals surface area contributed by atoms with E-state index in [1.807, 2.05) is 0 Å². The summed E-state index contributed by atoms with van der Waals surface area (Å²) < 4.78 is 43.3. The SMILES string of the molecule is Cn1nccc1-c1ccc(C(=O)N[C@H]2CNCC[C@@H]2c2ccc(F)c(F)c2)c(F)c1. The molecule has 0 radical (unpaired) electrons. The molecular formula is C22H21F3N4O. The Kier molecular flexibility index (Phi) is 5.59. The van der Waals surface area contributed by atoms with E-state index >= 15 is 0 Å². The van der Waals surface area contributed by atoms with Gasteiger partial charge in [0.25, 0.3) is 5.91 Å². The maximum Gasteiger partial charge on any atom is 0.254 e. The molecular weight excluding hydrogens is 393 g/mol. The van der Waals surface area contributed by atoms with Crippen LogP contribution in [0.5, 0.6) is 0 Å². The minimum atomic E-state index is -0.923. The number of aryl methyl sites for hydroxylation is 1. The summed E-state index contributed by atoms with van der Waals surface area (Å²) in [5.74, 6) is -3.23. The summed E-state index contributed by atoms with van der Waals surface area (Å²) in [6.45, 7) is 1.13. The minimum Gasteiger partial charge on any atom is -0.347 e. The third kappa shape index (κ3) is 3.95. The molecule has 1 aromatic heterocycles. The molecule has 0 aliphatic carbocycles. The van der Waals surface area contributed by atoms with Crippen LogP contribution in [0, 0.1) is 17.5 Å². The van der Waals surface area contributed by atoms with Gasteiger partial charge in [-0.05, 0) is 48.9 Å². The lowest BCUT2D eigenvalue weighted by Gasteiger charge is -2.33. The van der Waals surface area contributed by atoms with Crippen LogP contribution < -0.4 is 10.6 Å². The van der Waals surface area contributed by atoms with Crippen LogP contribution in [-0.4, -0.2) is 34.8 Å². The van der Waals surface area contributed by atoms with Crippen LogP contribution in [0.4, 0.5) is 13.2 Å². The van der Waals surface area contributed by atoms with Crippen LogP contribution >= 0.6 is 0 Å². The van der Waals surface area contributed by atoms with Gasteiger partial charge in [-0.3, -0.25) is 9.48 Å². The normalized spacial score (nSPS) is 18.9. The van der Waals surface area contributed by atoms with Crippen molar-refractivity contribution in [3.63, 3.8) is 0 Å². The molecule has 1 fully saturated rings. The van der Waals surface area contributed by atoms with E-state index in [0.29, 0.717) is 30.6 Å². The van der Waals surface area contributed by atoms with Crippen molar-refractivity contribution in [1.29, 1.82) is 0 Å². The Labute approximate surface area is 171 Å². The number of aromatic nitrogens is 2. The first-order chi connectivity index (χ1) is 14.4.